The van der Waals surface area contributed by atoms with Gasteiger partial charge in [0, 0.05) is 36.8 Å². The summed E-state index contributed by atoms with van der Waals surface area (Å²) in [5.41, 5.74) is 3.31. The molecule has 0 spiro atoms. The summed E-state index contributed by atoms with van der Waals surface area (Å²) in [6, 6.07) is 5.31. The first-order valence-electron chi connectivity index (χ1n) is 13.4. The molecule has 0 aliphatic rings. The highest BCUT2D eigenvalue weighted by Crippen LogP contribution is 2.40. The van der Waals surface area contributed by atoms with Crippen molar-refractivity contribution in [3.8, 4) is 23.3 Å². The van der Waals surface area contributed by atoms with Gasteiger partial charge in [-0.05, 0) is 24.3 Å². The summed E-state index contributed by atoms with van der Waals surface area (Å²) >= 11 is 0. The van der Waals surface area contributed by atoms with Crippen molar-refractivity contribution in [3.63, 3.8) is 0 Å². The second kappa shape index (κ2) is 15.1. The van der Waals surface area contributed by atoms with E-state index in [9.17, 15) is 62.4 Å². The Kier molecular flexibility index (Phi) is 11.7. The van der Waals surface area contributed by atoms with E-state index in [1.165, 1.54) is 0 Å². The lowest BCUT2D eigenvalue weighted by atomic mass is 10.1. The molecule has 26 heteroatoms. The van der Waals surface area contributed by atoms with Gasteiger partial charge in [0.05, 0.1) is 22.3 Å². The van der Waals surface area contributed by atoms with E-state index in [-0.39, 0.29) is 17.8 Å². The van der Waals surface area contributed by atoms with Crippen LogP contribution in [0, 0.1) is 0 Å². The summed E-state index contributed by atoms with van der Waals surface area (Å²) in [4.78, 5) is 46.5. The minimum Gasteiger partial charge on any atom is -0.478 e. The van der Waals surface area contributed by atoms with Crippen LogP contribution in [-0.4, -0.2) is 72.7 Å². The molecule has 4 rings (SSSR count). The highest BCUT2D eigenvalue weighted by Gasteiger charge is 2.39. The zero-order chi connectivity index (χ0) is 40.3. The Balaban J connectivity index is 0.000000287. The van der Waals surface area contributed by atoms with Crippen LogP contribution in [0.25, 0.3) is 0 Å². The Morgan fingerprint density at radius 3 is 1.40 bits per heavy atom. The number of benzene rings is 2. The molecule has 0 aliphatic carbocycles. The van der Waals surface area contributed by atoms with E-state index in [2.05, 4.69) is 15.2 Å². The van der Waals surface area contributed by atoms with Crippen LogP contribution >= 0.6 is 0 Å². The van der Waals surface area contributed by atoms with Crippen molar-refractivity contribution in [2.75, 3.05) is 12.5 Å². The molecule has 284 valence electrons. The van der Waals surface area contributed by atoms with E-state index in [1.807, 2.05) is 10.2 Å². The molecule has 18 nitrogen and oxygen atoms in total. The molecule has 0 saturated heterocycles. The number of hydrogen-bond acceptors (Lipinski definition) is 12. The number of carboxylic acid groups (broad SMARTS) is 1. The fourth-order valence-corrected chi connectivity index (χ4v) is 5.46. The zero-order valence-corrected chi connectivity index (χ0v) is 27.9. The van der Waals surface area contributed by atoms with E-state index in [4.69, 9.17) is 26.0 Å². The quantitative estimate of drug-likeness (QED) is 0.0969. The number of H-pyrrole nitrogens is 2. The maximum Gasteiger partial charge on any atom is 0.417 e. The molecule has 7 N–H and O–H groups in total. The van der Waals surface area contributed by atoms with Gasteiger partial charge in [-0.15, -0.1) is 10.2 Å². The fraction of sp³-hybridized carbons (Fsp3) is 0.148. The predicted molar refractivity (Wildman–Crippen MR) is 166 cm³/mol. The van der Waals surface area contributed by atoms with Gasteiger partial charge in [0.15, 0.2) is 25.6 Å². The number of alkyl halides is 6. The molecule has 0 bridgehead atoms. The van der Waals surface area contributed by atoms with Crippen molar-refractivity contribution in [1.29, 1.82) is 0 Å². The van der Waals surface area contributed by atoms with Gasteiger partial charge in [-0.1, -0.05) is 0 Å². The Morgan fingerprint density at radius 1 is 0.717 bits per heavy atom. The maximum absolute atomic E-state index is 13.4. The first-order chi connectivity index (χ1) is 24.2. The Morgan fingerprint density at radius 2 is 1.09 bits per heavy atom. The number of aliphatic imine (C=N–C) groups is 1. The van der Waals surface area contributed by atoms with Crippen molar-refractivity contribution < 1.29 is 67.3 Å². The van der Waals surface area contributed by atoms with Crippen LogP contribution < -0.4 is 32.1 Å². The van der Waals surface area contributed by atoms with Crippen LogP contribution in [0.15, 0.2) is 72.9 Å². The number of nitrogens with zero attached hydrogens (tertiary/aromatic N) is 3. The molecular formula is C27H21F6N7O11S2. The van der Waals surface area contributed by atoms with Crippen LogP contribution in [0.3, 0.4) is 0 Å². The van der Waals surface area contributed by atoms with Gasteiger partial charge in [0.25, 0.3) is 17.0 Å². The predicted octanol–water partition coefficient (Wildman–Crippen LogP) is 2.08. The van der Waals surface area contributed by atoms with Crippen LogP contribution in [-0.2, 0) is 32.0 Å². The number of carbonyl (C=O) groups is 2. The zero-order valence-electron chi connectivity index (χ0n) is 26.2. The monoisotopic (exact) mass is 797 g/mol. The number of guanidine groups is 1. The number of hydrogen-bond donors (Lipinski definition) is 5. The minimum atomic E-state index is -5.07. The molecule has 2 aromatic carbocycles. The Hall–Kier alpha value is -6.31. The number of aromatic nitrogens is 4. The van der Waals surface area contributed by atoms with Gasteiger partial charge in [-0.2, -0.15) is 31.3 Å². The van der Waals surface area contributed by atoms with Crippen molar-refractivity contribution in [2.24, 2.45) is 16.5 Å². The molecule has 0 saturated carbocycles. The molecule has 0 atom stereocenters. The largest absolute Gasteiger partial charge is 0.478 e. The highest BCUT2D eigenvalue weighted by atomic mass is 32.2. The third kappa shape index (κ3) is 10.8. The molecule has 0 unspecified atom stereocenters. The number of nitrogens with two attached hydrogens (primary N) is 2. The molecular weight excluding hydrogens is 776 g/mol. The summed E-state index contributed by atoms with van der Waals surface area (Å²) in [7, 11) is -8.30. The van der Waals surface area contributed by atoms with Crippen LogP contribution in [0.5, 0.6) is 23.3 Å². The molecule has 2 aromatic heterocycles. The SMILES string of the molecule is CS(=O)(=O)c1cc(C(=O)N=C(N)N)c(C(F)(F)F)cc1Oc1ccc(=O)[nH]n1.CS(=O)(=O)c1cc(C(=O)O)c(C(F)(F)F)cc1Oc1ccc(=O)[nH]n1. The summed E-state index contributed by atoms with van der Waals surface area (Å²) in [6.45, 7) is 0. The summed E-state index contributed by atoms with van der Waals surface area (Å²) in [5, 5.41) is 19.7. The van der Waals surface area contributed by atoms with Gasteiger partial charge in [0.2, 0.25) is 11.8 Å². The number of rotatable bonds is 8. The topological polar surface area (TPSA) is 297 Å². The van der Waals surface area contributed by atoms with E-state index in [1.54, 1.807) is 0 Å². The van der Waals surface area contributed by atoms with Crippen molar-refractivity contribution in [1.82, 2.24) is 20.4 Å². The van der Waals surface area contributed by atoms with Gasteiger partial charge < -0.3 is 26.0 Å². The third-order valence-corrected chi connectivity index (χ3v) is 8.24. The van der Waals surface area contributed by atoms with Gasteiger partial charge >= 0.3 is 18.3 Å². The molecule has 0 aliphatic heterocycles. The lowest BCUT2D eigenvalue weighted by Gasteiger charge is -2.16. The second-order valence-corrected chi connectivity index (χ2v) is 14.1. The van der Waals surface area contributed by atoms with E-state index >= 15 is 0 Å². The molecule has 4 aromatic rings. The number of halogens is 6. The smallest absolute Gasteiger partial charge is 0.417 e. The van der Waals surface area contributed by atoms with E-state index in [0.717, 1.165) is 24.3 Å². The molecule has 53 heavy (non-hydrogen) atoms. The number of ether oxygens (including phenoxy) is 2. The molecule has 1 amide bonds. The van der Waals surface area contributed by atoms with Crippen molar-refractivity contribution in [2.45, 2.75) is 22.1 Å². The van der Waals surface area contributed by atoms with Crippen LogP contribution in [0.2, 0.25) is 0 Å². The van der Waals surface area contributed by atoms with Crippen LogP contribution in [0.4, 0.5) is 26.3 Å². The maximum atomic E-state index is 13.4. The Labute approximate surface area is 290 Å². The van der Waals surface area contributed by atoms with E-state index in [0.29, 0.717) is 30.7 Å². The average molecular weight is 798 g/mol. The van der Waals surface area contributed by atoms with Crippen molar-refractivity contribution >= 4 is 37.5 Å². The average Bonchev–Trinajstić information content (AvgIpc) is 3.01. The number of nitrogens with one attached hydrogen (secondary N) is 2. The number of carboxylic acids is 1. The normalized spacial score (nSPS) is 11.8. The summed E-state index contributed by atoms with van der Waals surface area (Å²) in [5.74, 6) is -6.58. The standard InChI is InChI=1S/C14H12F3N5O5S.C13H9F3N2O6S/c1-28(25,26)9-4-6(12(24)20-13(18)19)7(14(15,16)17)5-8(9)27-11-3-2-10(23)21-22-11;1-25(22,23)9-4-6(12(20)21)7(13(14,15)16)5-8(9)24-11-3-2-10(19)17-18-11/h2-5H,1H3,(H,21,23)(H4,18,19,20,24);2-5H,1H3,(H,17,19)(H,20,21). The number of sulfone groups is 2. The first kappa shape index (κ1) is 41.1. The summed E-state index contributed by atoms with van der Waals surface area (Å²) < 4.78 is 137. The first-order valence-corrected chi connectivity index (χ1v) is 17.2. The van der Waals surface area contributed by atoms with E-state index < -0.39 is 105 Å². The summed E-state index contributed by atoms with van der Waals surface area (Å²) in [6.07, 6.45) is -8.78. The van der Waals surface area contributed by atoms with Gasteiger partial charge in [-0.3, -0.25) is 14.4 Å². The third-order valence-electron chi connectivity index (χ3n) is 6.01. The molecule has 2 heterocycles. The van der Waals surface area contributed by atoms with Gasteiger partial charge in [0.1, 0.15) is 21.3 Å². The minimum absolute atomic E-state index is 0.257. The van der Waals surface area contributed by atoms with Crippen molar-refractivity contribution in [3.05, 3.63) is 91.5 Å². The lowest BCUT2D eigenvalue weighted by Crippen LogP contribution is -2.25. The Bertz CT molecular complexity index is 2420. The van der Waals surface area contributed by atoms with Gasteiger partial charge in [-0.25, -0.2) is 31.8 Å². The molecule has 0 radical (unpaired) electrons. The second-order valence-electron chi connectivity index (χ2n) is 10.1. The number of carbonyl (C=O) groups excluding carboxylic acids is 1. The van der Waals surface area contributed by atoms with Crippen LogP contribution in [0.1, 0.15) is 31.8 Å². The highest BCUT2D eigenvalue weighted by molar-refractivity contribution is 7.91. The number of amides is 1. The molecule has 0 fully saturated rings. The fourth-order valence-electron chi connectivity index (χ4n) is 3.86. The number of aromatic carboxylic acids is 1. The number of aromatic amines is 2. The lowest BCUT2D eigenvalue weighted by molar-refractivity contribution is -0.138.